The minimum atomic E-state index is -0.427. The van der Waals surface area contributed by atoms with Crippen LogP contribution in [0.4, 0.5) is 5.69 Å². The summed E-state index contributed by atoms with van der Waals surface area (Å²) < 4.78 is 5.04. The summed E-state index contributed by atoms with van der Waals surface area (Å²) in [7, 11) is 1.57. The van der Waals surface area contributed by atoms with Gasteiger partial charge in [0.2, 0.25) is 0 Å². The van der Waals surface area contributed by atoms with E-state index in [1.807, 2.05) is 12.1 Å². The van der Waals surface area contributed by atoms with E-state index in [1.165, 1.54) is 5.56 Å². The Morgan fingerprint density at radius 3 is 3.22 bits per heavy atom. The number of anilines is 1. The first-order valence-corrected chi connectivity index (χ1v) is 6.30. The second-order valence-corrected chi connectivity index (χ2v) is 5.32. The predicted molar refractivity (Wildman–Crippen MR) is 69.6 cm³/mol. The lowest BCUT2D eigenvalue weighted by Gasteiger charge is -2.33. The van der Waals surface area contributed by atoms with Crippen LogP contribution in [-0.2, 0) is 14.9 Å². The average Bonchev–Trinajstić information content (AvgIpc) is 2.59. The van der Waals surface area contributed by atoms with Gasteiger partial charge in [0.05, 0.1) is 5.41 Å². The summed E-state index contributed by atoms with van der Waals surface area (Å²) in [5, 5.41) is 3.38. The second-order valence-electron chi connectivity index (χ2n) is 5.32. The number of rotatable bonds is 3. The fraction of sp³-hybridized carbons (Fsp3) is 0.500. The molecule has 4 heteroatoms. The first-order chi connectivity index (χ1) is 8.67. The van der Waals surface area contributed by atoms with Crippen molar-refractivity contribution in [3.05, 3.63) is 29.3 Å². The van der Waals surface area contributed by atoms with Gasteiger partial charge in [-0.1, -0.05) is 6.07 Å². The molecular formula is C14H18N2O2. The van der Waals surface area contributed by atoms with Gasteiger partial charge in [-0.2, -0.15) is 0 Å². The number of fused-ring (bicyclic) bond motifs is 5. The number of Topliss-reactive ketones (excluding diaryl/α,β-unsaturated/α-hetero) is 1. The van der Waals surface area contributed by atoms with E-state index in [-0.39, 0.29) is 12.4 Å². The number of nitrogens with one attached hydrogen (secondary N) is 1. The maximum atomic E-state index is 12.4. The van der Waals surface area contributed by atoms with E-state index in [0.29, 0.717) is 12.5 Å². The molecule has 0 aromatic heterocycles. The molecule has 0 amide bonds. The second kappa shape index (κ2) is 4.07. The van der Waals surface area contributed by atoms with Crippen molar-refractivity contribution in [3.8, 4) is 0 Å². The van der Waals surface area contributed by atoms with Gasteiger partial charge in [-0.05, 0) is 35.6 Å². The molecule has 1 aliphatic heterocycles. The van der Waals surface area contributed by atoms with Gasteiger partial charge in [-0.3, -0.25) is 4.79 Å². The van der Waals surface area contributed by atoms with Gasteiger partial charge in [-0.25, -0.2) is 0 Å². The highest BCUT2D eigenvalue weighted by molar-refractivity contribution is 5.93. The van der Waals surface area contributed by atoms with Gasteiger partial charge in [0.1, 0.15) is 6.61 Å². The molecular weight excluding hydrogens is 228 g/mol. The van der Waals surface area contributed by atoms with Crippen LogP contribution in [0.2, 0.25) is 0 Å². The lowest BCUT2D eigenvalue weighted by atomic mass is 9.76. The topological polar surface area (TPSA) is 64.3 Å². The van der Waals surface area contributed by atoms with Crippen molar-refractivity contribution < 1.29 is 9.53 Å². The van der Waals surface area contributed by atoms with Crippen LogP contribution >= 0.6 is 0 Å². The Morgan fingerprint density at radius 1 is 1.61 bits per heavy atom. The van der Waals surface area contributed by atoms with Gasteiger partial charge < -0.3 is 15.8 Å². The fourth-order valence-electron chi connectivity index (χ4n) is 3.43. The van der Waals surface area contributed by atoms with Crippen molar-refractivity contribution in [1.29, 1.82) is 0 Å². The SMILES string of the molecule is COCC(=O)[C@@]12CNC[C@H](C1)c1ccc(N)cc12. The van der Waals surface area contributed by atoms with Gasteiger partial charge in [0, 0.05) is 25.9 Å². The third-order valence-electron chi connectivity index (χ3n) is 4.25. The first-order valence-electron chi connectivity index (χ1n) is 6.30. The van der Waals surface area contributed by atoms with Gasteiger partial charge in [0.25, 0.3) is 0 Å². The Balaban J connectivity index is 2.11. The molecule has 2 bridgehead atoms. The summed E-state index contributed by atoms with van der Waals surface area (Å²) in [5.41, 5.74) is 8.57. The number of methoxy groups -OCH3 is 1. The number of nitrogens with two attached hydrogens (primary N) is 1. The van der Waals surface area contributed by atoms with E-state index in [1.54, 1.807) is 7.11 Å². The van der Waals surface area contributed by atoms with Crippen LogP contribution < -0.4 is 11.1 Å². The Bertz CT molecular complexity index is 501. The fourth-order valence-corrected chi connectivity index (χ4v) is 3.43. The van der Waals surface area contributed by atoms with Gasteiger partial charge >= 0.3 is 0 Å². The molecule has 0 unspecified atom stereocenters. The number of benzene rings is 1. The van der Waals surface area contributed by atoms with Crippen molar-refractivity contribution in [2.75, 3.05) is 32.5 Å². The molecule has 4 nitrogen and oxygen atoms in total. The quantitative estimate of drug-likeness (QED) is 0.775. The molecule has 0 spiro atoms. The predicted octanol–water partition coefficient (Wildman–Crippen LogP) is 0.813. The smallest absolute Gasteiger partial charge is 0.170 e. The van der Waals surface area contributed by atoms with Crippen LogP contribution in [0.5, 0.6) is 0 Å². The summed E-state index contributed by atoms with van der Waals surface area (Å²) in [4.78, 5) is 12.4. The maximum absolute atomic E-state index is 12.4. The molecule has 0 radical (unpaired) electrons. The highest BCUT2D eigenvalue weighted by Gasteiger charge is 2.50. The zero-order valence-corrected chi connectivity index (χ0v) is 10.5. The number of hydrogen-bond acceptors (Lipinski definition) is 4. The molecule has 1 aromatic carbocycles. The third kappa shape index (κ3) is 1.49. The van der Waals surface area contributed by atoms with E-state index in [2.05, 4.69) is 11.4 Å². The average molecular weight is 246 g/mol. The molecule has 0 saturated carbocycles. The van der Waals surface area contributed by atoms with Crippen LogP contribution in [-0.4, -0.2) is 32.6 Å². The van der Waals surface area contributed by atoms with Crippen molar-refractivity contribution in [2.45, 2.75) is 17.8 Å². The number of carbonyl (C=O) groups excluding carboxylic acids is 1. The van der Waals surface area contributed by atoms with Gasteiger partial charge in [-0.15, -0.1) is 0 Å². The number of piperidine rings is 1. The highest BCUT2D eigenvalue weighted by atomic mass is 16.5. The van der Waals surface area contributed by atoms with Gasteiger partial charge in [0.15, 0.2) is 5.78 Å². The Hall–Kier alpha value is -1.39. The zero-order valence-electron chi connectivity index (χ0n) is 10.5. The normalized spacial score (nSPS) is 29.1. The molecule has 96 valence electrons. The summed E-state index contributed by atoms with van der Waals surface area (Å²) in [6, 6.07) is 5.97. The summed E-state index contributed by atoms with van der Waals surface area (Å²) >= 11 is 0. The molecule has 1 heterocycles. The van der Waals surface area contributed by atoms with E-state index in [9.17, 15) is 4.79 Å². The molecule has 1 aromatic rings. The lowest BCUT2D eigenvalue weighted by Crippen LogP contribution is -2.48. The Labute approximate surface area is 107 Å². The molecule has 1 fully saturated rings. The first kappa shape index (κ1) is 11.7. The van der Waals surface area contributed by atoms with Crippen LogP contribution in [0, 0.1) is 0 Å². The molecule has 2 aliphatic rings. The largest absolute Gasteiger partial charge is 0.399 e. The van der Waals surface area contributed by atoms with Crippen LogP contribution in [0.1, 0.15) is 23.5 Å². The van der Waals surface area contributed by atoms with E-state index in [0.717, 1.165) is 24.2 Å². The van der Waals surface area contributed by atoms with Crippen molar-refractivity contribution in [3.63, 3.8) is 0 Å². The van der Waals surface area contributed by atoms with Crippen LogP contribution in [0.25, 0.3) is 0 Å². The van der Waals surface area contributed by atoms with E-state index >= 15 is 0 Å². The minimum Gasteiger partial charge on any atom is -0.399 e. The summed E-state index contributed by atoms with van der Waals surface area (Å²) in [5.74, 6) is 0.585. The Morgan fingerprint density at radius 2 is 2.44 bits per heavy atom. The highest BCUT2D eigenvalue weighted by Crippen LogP contribution is 2.49. The number of hydrogen-bond donors (Lipinski definition) is 2. The lowest BCUT2D eigenvalue weighted by molar-refractivity contribution is -0.128. The summed E-state index contributed by atoms with van der Waals surface area (Å²) in [6.45, 7) is 1.81. The minimum absolute atomic E-state index is 0.159. The van der Waals surface area contributed by atoms with Crippen molar-refractivity contribution in [1.82, 2.24) is 5.32 Å². The molecule has 1 saturated heterocycles. The standard InChI is InChI=1S/C14H18N2O2/c1-18-7-13(17)14-5-9(6-16-8-14)11-3-2-10(15)4-12(11)14/h2-4,9,16H,5-8,15H2,1H3/t9-,14+/m0/s1. The van der Waals surface area contributed by atoms with E-state index < -0.39 is 5.41 Å². The summed E-state index contributed by atoms with van der Waals surface area (Å²) in [6.07, 6.45) is 0.890. The monoisotopic (exact) mass is 246 g/mol. The number of nitrogen functional groups attached to an aromatic ring is 1. The number of ketones is 1. The molecule has 3 N–H and O–H groups in total. The number of ether oxygens (including phenoxy) is 1. The maximum Gasteiger partial charge on any atom is 0.170 e. The molecule has 1 aliphatic carbocycles. The van der Waals surface area contributed by atoms with Crippen LogP contribution in [0.15, 0.2) is 18.2 Å². The van der Waals surface area contributed by atoms with Crippen LogP contribution in [0.3, 0.4) is 0 Å². The Kier molecular flexibility index (Phi) is 2.64. The van der Waals surface area contributed by atoms with E-state index in [4.69, 9.17) is 10.5 Å². The zero-order chi connectivity index (χ0) is 12.8. The molecule has 3 rings (SSSR count). The molecule has 18 heavy (non-hydrogen) atoms. The van der Waals surface area contributed by atoms with Crippen molar-refractivity contribution >= 4 is 11.5 Å². The van der Waals surface area contributed by atoms with Crippen molar-refractivity contribution in [2.24, 2.45) is 0 Å². The molecule has 2 atom stereocenters. The third-order valence-corrected chi connectivity index (χ3v) is 4.25. The number of carbonyl (C=O) groups is 1.